The SMILES string of the molecule is C1=CCC=C1.Cc1cc(C)cc(P(c2cc(C)cc(C)c2)[C@H](C)C2C=CC=C2P(c2cc(C(F)(F)F)cc(C(F)(F)F)c2)c2cc(C(F)(F)F)cc(C(F)(F)F)c2)c1.[Fe]. The molecule has 0 nitrogen and oxygen atoms in total. The van der Waals surface area contributed by atoms with Crippen LogP contribution in [-0.2, 0) is 41.8 Å². The number of hydrogen-bond donors (Lipinski definition) is 0. The zero-order chi connectivity index (χ0) is 43.0. The van der Waals surface area contributed by atoms with Crippen LogP contribution in [0, 0.1) is 33.6 Å². The Labute approximate surface area is 348 Å². The van der Waals surface area contributed by atoms with E-state index in [9.17, 15) is 52.7 Å². The van der Waals surface area contributed by atoms with Gasteiger partial charge in [0.05, 0.1) is 22.3 Å². The van der Waals surface area contributed by atoms with Crippen molar-refractivity contribution in [3.63, 3.8) is 0 Å². The molecule has 4 aromatic carbocycles. The van der Waals surface area contributed by atoms with Gasteiger partial charge in [0.25, 0.3) is 0 Å². The molecule has 6 rings (SSSR count). The Morgan fingerprint density at radius 1 is 0.475 bits per heavy atom. The van der Waals surface area contributed by atoms with Crippen LogP contribution in [0.3, 0.4) is 0 Å². The minimum absolute atomic E-state index is 0. The maximum Gasteiger partial charge on any atom is 0.416 e. The van der Waals surface area contributed by atoms with Crippen LogP contribution in [-0.4, -0.2) is 5.66 Å². The van der Waals surface area contributed by atoms with Gasteiger partial charge < -0.3 is 0 Å². The van der Waals surface area contributed by atoms with E-state index in [0.29, 0.717) is 24.3 Å². The first-order valence-corrected chi connectivity index (χ1v) is 20.6. The fraction of sp³-hybridized carbons (Fsp3) is 0.273. The molecule has 2 aliphatic carbocycles. The summed E-state index contributed by atoms with van der Waals surface area (Å²) in [5, 5.41) is 0.535. The summed E-state index contributed by atoms with van der Waals surface area (Å²) in [5.74, 6) is -0.804. The summed E-state index contributed by atoms with van der Waals surface area (Å²) < 4.78 is 170. The van der Waals surface area contributed by atoms with Gasteiger partial charge in [-0.05, 0) is 119 Å². The number of allylic oxidation sites excluding steroid dienone is 8. The molecule has 0 heterocycles. The summed E-state index contributed by atoms with van der Waals surface area (Å²) >= 11 is 0. The zero-order valence-electron chi connectivity index (χ0n) is 32.1. The van der Waals surface area contributed by atoms with Gasteiger partial charge in [0, 0.05) is 23.0 Å². The van der Waals surface area contributed by atoms with E-state index in [1.807, 2.05) is 71.0 Å². The van der Waals surface area contributed by atoms with Crippen molar-refractivity contribution in [1.82, 2.24) is 0 Å². The molecule has 0 bridgehead atoms. The van der Waals surface area contributed by atoms with Gasteiger partial charge in [-0.1, -0.05) is 108 Å². The Morgan fingerprint density at radius 3 is 1.10 bits per heavy atom. The molecular formula is C44H38F12FeP2. The van der Waals surface area contributed by atoms with Gasteiger partial charge in [0.15, 0.2) is 0 Å². The molecule has 0 spiro atoms. The van der Waals surface area contributed by atoms with Crippen LogP contribution in [0.1, 0.15) is 57.9 Å². The van der Waals surface area contributed by atoms with E-state index in [0.717, 1.165) is 39.3 Å². The van der Waals surface area contributed by atoms with Crippen LogP contribution in [0.5, 0.6) is 0 Å². The summed E-state index contributed by atoms with van der Waals surface area (Å²) in [6.07, 6.45) is -7.24. The normalized spacial score (nSPS) is 16.0. The molecule has 4 aromatic rings. The first-order chi connectivity index (χ1) is 26.8. The van der Waals surface area contributed by atoms with Crippen LogP contribution in [0.2, 0.25) is 0 Å². The largest absolute Gasteiger partial charge is 0.416 e. The molecule has 1 unspecified atom stereocenters. The minimum atomic E-state index is -5.32. The summed E-state index contributed by atoms with van der Waals surface area (Å²) in [6.45, 7) is 9.42. The number of alkyl halides is 12. The third-order valence-corrected chi connectivity index (χ3v) is 14.7. The van der Waals surface area contributed by atoms with Gasteiger partial charge in [-0.3, -0.25) is 0 Å². The molecule has 0 amide bonds. The zero-order valence-corrected chi connectivity index (χ0v) is 35.0. The maximum absolute atomic E-state index is 14.2. The molecule has 0 saturated carbocycles. The molecule has 0 fully saturated rings. The van der Waals surface area contributed by atoms with E-state index in [-0.39, 0.29) is 34.5 Å². The van der Waals surface area contributed by atoms with E-state index >= 15 is 0 Å². The van der Waals surface area contributed by atoms with Crippen LogP contribution in [0.25, 0.3) is 0 Å². The van der Waals surface area contributed by atoms with Crippen molar-refractivity contribution in [3.05, 3.63) is 165 Å². The van der Waals surface area contributed by atoms with Crippen molar-refractivity contribution in [2.45, 2.75) is 71.4 Å². The third kappa shape index (κ3) is 12.0. The Hall–Kier alpha value is -3.62. The molecule has 0 aromatic heterocycles. The van der Waals surface area contributed by atoms with E-state index in [2.05, 4.69) is 24.3 Å². The van der Waals surface area contributed by atoms with Gasteiger partial charge in [0.1, 0.15) is 0 Å². The summed E-state index contributed by atoms with van der Waals surface area (Å²) in [5.41, 5.74) is -3.71. The number of aryl methyl sites for hydroxylation is 4. The van der Waals surface area contributed by atoms with Gasteiger partial charge in [0.2, 0.25) is 0 Å². The van der Waals surface area contributed by atoms with E-state index in [1.165, 1.54) is 12.2 Å². The van der Waals surface area contributed by atoms with Gasteiger partial charge in [-0.2, -0.15) is 52.7 Å². The smallest absolute Gasteiger partial charge is 0.166 e. The van der Waals surface area contributed by atoms with Crippen LogP contribution >= 0.6 is 15.8 Å². The fourth-order valence-corrected chi connectivity index (χ4v) is 13.2. The molecule has 15 heteroatoms. The summed E-state index contributed by atoms with van der Waals surface area (Å²) in [6, 6.07) is 13.2. The molecule has 0 aliphatic heterocycles. The molecule has 2 atom stereocenters. The van der Waals surface area contributed by atoms with Crippen molar-refractivity contribution in [1.29, 1.82) is 0 Å². The fourth-order valence-electron chi connectivity index (χ4n) is 7.05. The Morgan fingerprint density at radius 2 is 0.814 bits per heavy atom. The van der Waals surface area contributed by atoms with Crippen molar-refractivity contribution in [2.75, 3.05) is 0 Å². The Balaban J connectivity index is 0.00000119. The predicted molar refractivity (Wildman–Crippen MR) is 210 cm³/mol. The molecular weight excluding hydrogens is 874 g/mol. The number of halogens is 12. The first-order valence-electron chi connectivity index (χ1n) is 17.9. The van der Waals surface area contributed by atoms with E-state index < -0.39 is 85.0 Å². The number of rotatable bonds is 7. The molecule has 0 N–H and O–H groups in total. The van der Waals surface area contributed by atoms with Crippen molar-refractivity contribution in [3.8, 4) is 0 Å². The molecule has 0 radical (unpaired) electrons. The van der Waals surface area contributed by atoms with Crippen LogP contribution in [0.15, 0.2) is 121 Å². The number of benzene rings is 4. The molecule has 59 heavy (non-hydrogen) atoms. The molecule has 0 saturated heterocycles. The summed E-state index contributed by atoms with van der Waals surface area (Å²) in [4.78, 5) is 0. The van der Waals surface area contributed by atoms with Crippen LogP contribution in [0.4, 0.5) is 52.7 Å². The second-order valence-corrected chi connectivity index (χ2v) is 19.1. The Kier molecular flexibility index (Phi) is 15.1. The monoisotopic (exact) mass is 912 g/mol. The van der Waals surface area contributed by atoms with Crippen molar-refractivity contribution in [2.24, 2.45) is 5.92 Å². The second kappa shape index (κ2) is 18.6. The van der Waals surface area contributed by atoms with Crippen LogP contribution < -0.4 is 21.2 Å². The first kappa shape index (κ1) is 48.1. The van der Waals surface area contributed by atoms with Gasteiger partial charge in [-0.15, -0.1) is 0 Å². The topological polar surface area (TPSA) is 0 Å². The van der Waals surface area contributed by atoms with E-state index in [4.69, 9.17) is 0 Å². The second-order valence-electron chi connectivity index (χ2n) is 14.3. The Bertz CT molecular complexity index is 2020. The number of hydrogen-bond acceptors (Lipinski definition) is 0. The average Bonchev–Trinajstić information content (AvgIpc) is 3.83. The third-order valence-electron chi connectivity index (χ3n) is 9.40. The average molecular weight is 913 g/mol. The molecule has 316 valence electrons. The van der Waals surface area contributed by atoms with E-state index in [1.54, 1.807) is 6.08 Å². The summed E-state index contributed by atoms with van der Waals surface area (Å²) in [7, 11) is -4.23. The quantitative estimate of drug-likeness (QED) is 0.0985. The van der Waals surface area contributed by atoms with Gasteiger partial charge >= 0.3 is 24.7 Å². The minimum Gasteiger partial charge on any atom is -0.166 e. The van der Waals surface area contributed by atoms with Gasteiger partial charge in [-0.25, -0.2) is 0 Å². The van der Waals surface area contributed by atoms with Crippen molar-refractivity contribution < 1.29 is 69.8 Å². The predicted octanol–water partition coefficient (Wildman–Crippen LogP) is 13.5. The standard InChI is InChI=1S/C39H32F12P2.C5H6.Fe/c1-21-9-22(2)12-30(11-21)52(31-13-23(3)10-24(4)14-31)25(5)34-7-6-8-35(34)53(32-17-26(36(40,41)42)15-27(18-32)37(43,44)45)33-19-28(38(46,47)48)16-29(20-33)39(49,50)51;1-2-4-5-3-1;/h6-20,25,34H,1-5H3;1-4H,5H2;/t25-,34?;;/m1../s1. The maximum atomic E-state index is 14.2. The van der Waals surface area contributed by atoms with Crippen molar-refractivity contribution >= 4 is 37.1 Å². The molecule has 2 aliphatic rings.